The average molecular weight is 583 g/mol. The number of aliphatic hydroxyl groups excluding tert-OH is 2. The van der Waals surface area contributed by atoms with Crippen LogP contribution >= 0.6 is 0 Å². The Kier molecular flexibility index (Phi) is 16.2. The fourth-order valence-corrected chi connectivity index (χ4v) is 1.14. The summed E-state index contributed by atoms with van der Waals surface area (Å²) in [5, 5.41) is 14.0. The molecule has 0 unspecified atom stereocenters. The normalized spacial score (nSPS) is 12.5. The molecule has 0 amide bonds. The number of hydrogen-bond donors (Lipinski definition) is 2. The van der Waals surface area contributed by atoms with Crippen LogP contribution in [0.1, 0.15) is 19.4 Å². The Morgan fingerprint density at radius 3 is 1.79 bits per heavy atom. The van der Waals surface area contributed by atoms with E-state index in [1.54, 1.807) is 12.1 Å². The number of aryl methyl sites for hydroxylation is 2. The molecule has 6 nitrogen and oxygen atoms in total. The first-order chi connectivity index (χ1) is 14.9. The van der Waals surface area contributed by atoms with Crippen molar-refractivity contribution in [3.63, 3.8) is 0 Å². The topological polar surface area (TPSA) is 111 Å². The number of pyridine rings is 1. The third kappa shape index (κ3) is 27.3. The second-order valence-electron chi connectivity index (χ2n) is 4.20. The molecule has 1 heterocycles. The van der Waals surface area contributed by atoms with E-state index < -0.39 is 30.2 Å². The predicted molar refractivity (Wildman–Crippen MR) is 113 cm³/mol. The Bertz CT molecular complexity index is 805. The summed E-state index contributed by atoms with van der Waals surface area (Å²) < 4.78 is 70.9. The Balaban J connectivity index is -0.000000270. The van der Waals surface area contributed by atoms with Crippen molar-refractivity contribution in [1.82, 2.24) is 4.98 Å². The Labute approximate surface area is 195 Å². The fraction of sp³-hybridized carbons (Fsp3) is 0.312. The van der Waals surface area contributed by atoms with Crippen LogP contribution in [0, 0.1) is 19.8 Å². The first-order valence-electron chi connectivity index (χ1n) is 9.97. The first-order valence-corrected chi connectivity index (χ1v) is 8.79. The molecule has 0 aliphatic carbocycles. The van der Waals surface area contributed by atoms with Gasteiger partial charge < -0.3 is 19.7 Å². The molecule has 0 atom stereocenters. The number of nitrogens with zero attached hydrogens (tertiary/aromatic N) is 1. The number of hydrogen-bond acceptors (Lipinski definition) is 6. The van der Waals surface area contributed by atoms with Crippen molar-refractivity contribution < 1.29 is 51.5 Å². The zero-order valence-electron chi connectivity index (χ0n) is 21.6. The molecule has 28 heavy (non-hydrogen) atoms. The van der Waals surface area contributed by atoms with Crippen molar-refractivity contribution in [1.29, 1.82) is 0 Å². The first kappa shape index (κ1) is 21.8. The number of aromatic nitrogens is 1. The van der Waals surface area contributed by atoms with E-state index in [4.69, 9.17) is 31.4 Å². The molecule has 0 saturated heterocycles. The van der Waals surface area contributed by atoms with Gasteiger partial charge in [-0.15, -0.1) is 35.4 Å². The van der Waals surface area contributed by atoms with Gasteiger partial charge in [-0.2, -0.15) is 0 Å². The molecule has 2 N–H and O–H groups in total. The summed E-state index contributed by atoms with van der Waals surface area (Å²) in [6, 6.07) is 10.4. The predicted octanol–water partition coefficient (Wildman–Crippen LogP) is 0.0183. The zero-order chi connectivity index (χ0) is 27.0. The second-order valence-corrected chi connectivity index (χ2v) is 5.61. The summed E-state index contributed by atoms with van der Waals surface area (Å²) in [6.45, 7) is -4.34. The largest absolute Gasteiger partial charge is 0.748 e. The van der Waals surface area contributed by atoms with Gasteiger partial charge >= 0.3 is 0 Å². The molecule has 1 aromatic carbocycles. The second kappa shape index (κ2) is 20.8. The van der Waals surface area contributed by atoms with Crippen molar-refractivity contribution in [3.8, 4) is 11.3 Å². The molecule has 151 valence electrons. The SMILES string of the molecule is CO.CO.CS(=O)(=O)[O-].[2H]C([2H])([2H])c1c[c-]c(-c2ccc(C([2H])([2H])[2H])cn2)cc1.[B]B([B])[B].[Ir]. The number of aliphatic hydroxyl groups is 2. The van der Waals surface area contributed by atoms with E-state index in [0.717, 1.165) is 14.2 Å². The van der Waals surface area contributed by atoms with Crippen LogP contribution in [0.15, 0.2) is 36.5 Å². The van der Waals surface area contributed by atoms with Crippen LogP contribution in [-0.4, -0.2) is 78.2 Å². The van der Waals surface area contributed by atoms with Gasteiger partial charge in [0.05, 0.1) is 10.1 Å². The summed E-state index contributed by atoms with van der Waals surface area (Å²) >= 11 is 0. The van der Waals surface area contributed by atoms with Gasteiger partial charge in [0.2, 0.25) is 0 Å². The Morgan fingerprint density at radius 2 is 1.50 bits per heavy atom. The molecular formula is C16H23B4IrNO5S-2. The van der Waals surface area contributed by atoms with Crippen LogP contribution in [0.5, 0.6) is 0 Å². The van der Waals surface area contributed by atoms with E-state index in [-0.39, 0.29) is 31.2 Å². The number of rotatable bonds is 1. The van der Waals surface area contributed by atoms with Crippen molar-refractivity contribution in [2.75, 3.05) is 20.5 Å². The fourth-order valence-electron chi connectivity index (χ4n) is 1.14. The van der Waals surface area contributed by atoms with Gasteiger partial charge in [-0.3, -0.25) is 0 Å². The van der Waals surface area contributed by atoms with Gasteiger partial charge in [-0.1, -0.05) is 19.0 Å². The van der Waals surface area contributed by atoms with E-state index in [9.17, 15) is 0 Å². The molecule has 0 spiro atoms. The van der Waals surface area contributed by atoms with Gasteiger partial charge in [0.15, 0.2) is 0 Å². The summed E-state index contributed by atoms with van der Waals surface area (Å²) in [6.07, 6.45) is 1.24. The summed E-state index contributed by atoms with van der Waals surface area (Å²) in [5.74, 6) is 0. The van der Waals surface area contributed by atoms with Crippen molar-refractivity contribution >= 4 is 39.7 Å². The Hall–Kier alpha value is -0.891. The van der Waals surface area contributed by atoms with E-state index in [1.807, 2.05) is 0 Å². The summed E-state index contributed by atoms with van der Waals surface area (Å²) in [5.41, 5.74) is 1.55. The number of benzene rings is 1. The quantitative estimate of drug-likeness (QED) is 0.279. The van der Waals surface area contributed by atoms with Gasteiger partial charge in [-0.25, -0.2) is 8.42 Å². The van der Waals surface area contributed by atoms with Gasteiger partial charge in [0.1, 0.15) is 0 Å². The molecule has 0 fully saturated rings. The van der Waals surface area contributed by atoms with Gasteiger partial charge in [0.25, 0.3) is 0 Å². The zero-order valence-corrected chi connectivity index (χ0v) is 18.8. The molecule has 0 aliphatic rings. The van der Waals surface area contributed by atoms with Crippen molar-refractivity contribution in [3.05, 3.63) is 53.7 Å². The van der Waals surface area contributed by atoms with Crippen molar-refractivity contribution in [2.24, 2.45) is 0 Å². The molecule has 0 bridgehead atoms. The van der Waals surface area contributed by atoms with E-state index in [2.05, 4.69) is 34.3 Å². The minimum absolute atomic E-state index is 0. The van der Waals surface area contributed by atoms with Crippen LogP contribution < -0.4 is 0 Å². The van der Waals surface area contributed by atoms with Gasteiger partial charge in [0, 0.05) is 84.6 Å². The third-order valence-electron chi connectivity index (χ3n) is 1.85. The third-order valence-corrected chi connectivity index (χ3v) is 1.85. The molecule has 1 aromatic heterocycles. The summed E-state index contributed by atoms with van der Waals surface area (Å²) in [4.78, 5) is 4.08. The maximum atomic E-state index is 9.08. The van der Waals surface area contributed by atoms with Crippen LogP contribution in [0.25, 0.3) is 11.3 Å². The monoisotopic (exact) mass is 584 g/mol. The molecule has 0 saturated carbocycles. The van der Waals surface area contributed by atoms with Crippen LogP contribution in [-0.2, 0) is 30.2 Å². The molecule has 2 rings (SSSR count). The molecule has 12 heteroatoms. The smallest absolute Gasteiger partial charge is 0.0916 e. The van der Waals surface area contributed by atoms with Crippen LogP contribution in [0.2, 0.25) is 0 Å². The maximum Gasteiger partial charge on any atom is 0.0916 e. The molecule has 0 aliphatic heterocycles. The van der Waals surface area contributed by atoms with Gasteiger partial charge in [-0.05, 0) is 18.1 Å². The van der Waals surface area contributed by atoms with E-state index >= 15 is 0 Å². The molecular weight excluding hydrogens is 554 g/mol. The van der Waals surface area contributed by atoms with E-state index in [1.165, 1.54) is 24.4 Å². The summed E-state index contributed by atoms with van der Waals surface area (Å²) in [7, 11) is 12.1. The van der Waals surface area contributed by atoms with Crippen LogP contribution in [0.4, 0.5) is 0 Å². The maximum absolute atomic E-state index is 9.08. The Morgan fingerprint density at radius 1 is 1.07 bits per heavy atom. The molecule has 7 radical (unpaired) electrons. The standard InChI is InChI=1S/C13H12N.CH4O3S.2CH4O.B4.Ir/c1-10-3-6-12(7-4-10)13-8-5-11(2)9-14-13;1-5(2,3)4;2*1-2;1-4(2)3;/h3-6,8-9H,1-2H3;1H3,(H,2,3,4);2*2H,1H3;;/q-1;;;;;/p-1/i1D3,2D3;;;;;. The minimum Gasteiger partial charge on any atom is -0.748 e. The van der Waals surface area contributed by atoms with Crippen LogP contribution in [0.3, 0.4) is 0 Å². The van der Waals surface area contributed by atoms with Crippen molar-refractivity contribution in [2.45, 2.75) is 13.7 Å². The average Bonchev–Trinajstić information content (AvgIpc) is 2.68. The molecule has 2 aromatic rings. The van der Waals surface area contributed by atoms with E-state index in [0.29, 0.717) is 17.5 Å². The minimum atomic E-state index is -3.92.